The molecule has 25 heavy (non-hydrogen) atoms. The van der Waals surface area contributed by atoms with Gasteiger partial charge in [-0.05, 0) is 43.4 Å². The number of nitrogens with zero attached hydrogens (tertiary/aromatic N) is 4. The molecule has 1 aliphatic rings. The van der Waals surface area contributed by atoms with Crippen LogP contribution in [0.1, 0.15) is 36.9 Å². The molecule has 0 saturated carbocycles. The third-order valence-corrected chi connectivity index (χ3v) is 4.60. The number of halogens is 1. The lowest BCUT2D eigenvalue weighted by atomic mass is 10.2. The molecule has 1 fully saturated rings. The first-order valence-electron chi connectivity index (χ1n) is 8.54. The summed E-state index contributed by atoms with van der Waals surface area (Å²) in [5, 5.41) is 3.54. The molecule has 0 amide bonds. The minimum Gasteiger partial charge on any atom is -0.364 e. The van der Waals surface area contributed by atoms with Crippen molar-refractivity contribution in [3.63, 3.8) is 0 Å². The van der Waals surface area contributed by atoms with Gasteiger partial charge in [-0.15, -0.1) is 0 Å². The summed E-state index contributed by atoms with van der Waals surface area (Å²) in [7, 11) is 0. The summed E-state index contributed by atoms with van der Waals surface area (Å²) >= 11 is 6.18. The lowest BCUT2D eigenvalue weighted by Gasteiger charge is -2.25. The van der Waals surface area contributed by atoms with Gasteiger partial charge in [0, 0.05) is 13.2 Å². The van der Waals surface area contributed by atoms with Crippen LogP contribution in [0, 0.1) is 6.92 Å². The van der Waals surface area contributed by atoms with Crippen molar-refractivity contribution in [3.8, 4) is 0 Å². The van der Waals surface area contributed by atoms with Crippen molar-refractivity contribution < 1.29 is 4.74 Å². The highest BCUT2D eigenvalue weighted by atomic mass is 35.5. The van der Waals surface area contributed by atoms with Gasteiger partial charge in [0.15, 0.2) is 17.0 Å². The smallest absolute Gasteiger partial charge is 0.226 e. The second-order valence-corrected chi connectivity index (χ2v) is 6.54. The van der Waals surface area contributed by atoms with Crippen molar-refractivity contribution in [1.82, 2.24) is 19.5 Å². The Morgan fingerprint density at radius 1 is 1.20 bits per heavy atom. The number of rotatable bonds is 4. The molecule has 1 aromatic carbocycles. The zero-order chi connectivity index (χ0) is 17.2. The topological polar surface area (TPSA) is 64.9 Å². The fraction of sp³-hybridized carbons (Fsp3) is 0.389. The zero-order valence-electron chi connectivity index (χ0n) is 14.1. The molecule has 7 heteroatoms. The van der Waals surface area contributed by atoms with E-state index in [1.807, 2.05) is 29.7 Å². The van der Waals surface area contributed by atoms with Crippen LogP contribution in [0.2, 0.25) is 5.28 Å². The highest BCUT2D eigenvalue weighted by molar-refractivity contribution is 6.28. The van der Waals surface area contributed by atoms with Crippen LogP contribution in [0.25, 0.3) is 11.2 Å². The number of anilines is 1. The number of ether oxygens (including phenoxy) is 1. The molecule has 4 rings (SSSR count). The largest absolute Gasteiger partial charge is 0.364 e. The van der Waals surface area contributed by atoms with E-state index in [0.717, 1.165) is 48.4 Å². The number of fused-ring (bicyclic) bond motifs is 1. The number of nitrogens with one attached hydrogen (secondary N) is 1. The first-order chi connectivity index (χ1) is 12.2. The van der Waals surface area contributed by atoms with Gasteiger partial charge in [0.25, 0.3) is 0 Å². The van der Waals surface area contributed by atoms with Gasteiger partial charge in [-0.3, -0.25) is 4.57 Å². The van der Waals surface area contributed by atoms with Crippen LogP contribution >= 0.6 is 11.6 Å². The summed E-state index contributed by atoms with van der Waals surface area (Å²) < 4.78 is 7.96. The van der Waals surface area contributed by atoms with Crippen LogP contribution in [-0.4, -0.2) is 26.1 Å². The predicted octanol–water partition coefficient (Wildman–Crippen LogP) is 4.10. The molecular formula is C18H20ClN5O. The molecule has 0 bridgehead atoms. The first-order valence-corrected chi connectivity index (χ1v) is 8.91. The van der Waals surface area contributed by atoms with E-state index < -0.39 is 0 Å². The van der Waals surface area contributed by atoms with E-state index in [4.69, 9.17) is 16.3 Å². The Labute approximate surface area is 151 Å². The third kappa shape index (κ3) is 3.32. The minimum absolute atomic E-state index is 0.0355. The Hall–Kier alpha value is -2.18. The Morgan fingerprint density at radius 3 is 2.80 bits per heavy atom. The van der Waals surface area contributed by atoms with Crippen molar-refractivity contribution in [2.45, 2.75) is 39.0 Å². The van der Waals surface area contributed by atoms with Gasteiger partial charge >= 0.3 is 0 Å². The lowest BCUT2D eigenvalue weighted by molar-refractivity contribution is -0.0309. The molecule has 0 spiro atoms. The van der Waals surface area contributed by atoms with Gasteiger partial charge < -0.3 is 10.1 Å². The number of hydrogen-bond donors (Lipinski definition) is 1. The molecule has 130 valence electrons. The molecule has 3 aromatic rings. The Balaban J connectivity index is 1.70. The molecular weight excluding hydrogens is 338 g/mol. The zero-order valence-corrected chi connectivity index (χ0v) is 14.8. The molecule has 0 aliphatic carbocycles. The number of aromatic nitrogens is 4. The van der Waals surface area contributed by atoms with Crippen LogP contribution < -0.4 is 5.32 Å². The average Bonchev–Trinajstić information content (AvgIpc) is 2.97. The maximum Gasteiger partial charge on any atom is 0.226 e. The molecule has 1 saturated heterocycles. The van der Waals surface area contributed by atoms with Crippen LogP contribution in [0.3, 0.4) is 0 Å². The minimum atomic E-state index is -0.0355. The number of benzene rings is 1. The van der Waals surface area contributed by atoms with Crippen molar-refractivity contribution in [3.05, 3.63) is 47.0 Å². The SMILES string of the molecule is Cc1nc2c(NCc3ccccc3)nc(Cl)nc2n1C1CCCCO1. The summed E-state index contributed by atoms with van der Waals surface area (Å²) in [4.78, 5) is 13.4. The van der Waals surface area contributed by atoms with Crippen LogP contribution in [0.15, 0.2) is 30.3 Å². The van der Waals surface area contributed by atoms with Crippen LogP contribution in [0.5, 0.6) is 0 Å². The number of imidazole rings is 1. The molecule has 1 atom stereocenters. The van der Waals surface area contributed by atoms with Crippen molar-refractivity contribution in [2.24, 2.45) is 0 Å². The molecule has 2 aromatic heterocycles. The standard InChI is InChI=1S/C18H20ClN5O/c1-12-21-15-16(20-11-13-7-3-2-4-8-13)22-18(19)23-17(15)24(12)14-9-5-6-10-25-14/h2-4,7-8,14H,5-6,9-11H2,1H3,(H,20,22,23). The van der Waals surface area contributed by atoms with Crippen molar-refractivity contribution in [2.75, 3.05) is 11.9 Å². The summed E-state index contributed by atoms with van der Waals surface area (Å²) in [5.41, 5.74) is 2.61. The number of hydrogen-bond acceptors (Lipinski definition) is 5. The van der Waals surface area contributed by atoms with Gasteiger partial charge in [-0.2, -0.15) is 9.97 Å². The second kappa shape index (κ2) is 6.98. The van der Waals surface area contributed by atoms with E-state index in [1.165, 1.54) is 0 Å². The van der Waals surface area contributed by atoms with E-state index in [1.54, 1.807) is 0 Å². The van der Waals surface area contributed by atoms with Crippen molar-refractivity contribution in [1.29, 1.82) is 0 Å². The van der Waals surface area contributed by atoms with Gasteiger partial charge in [-0.1, -0.05) is 30.3 Å². The third-order valence-electron chi connectivity index (χ3n) is 4.44. The van der Waals surface area contributed by atoms with Gasteiger partial charge in [0.05, 0.1) is 0 Å². The van der Waals surface area contributed by atoms with E-state index in [2.05, 4.69) is 32.4 Å². The summed E-state index contributed by atoms with van der Waals surface area (Å²) in [6.07, 6.45) is 3.16. The second-order valence-electron chi connectivity index (χ2n) is 6.20. The molecule has 1 N–H and O–H groups in total. The molecule has 3 heterocycles. The highest BCUT2D eigenvalue weighted by Gasteiger charge is 2.23. The fourth-order valence-electron chi connectivity index (χ4n) is 3.23. The van der Waals surface area contributed by atoms with Crippen LogP contribution in [0.4, 0.5) is 5.82 Å². The van der Waals surface area contributed by atoms with Crippen molar-refractivity contribution >= 4 is 28.6 Å². The molecule has 0 radical (unpaired) electrons. The summed E-state index contributed by atoms with van der Waals surface area (Å²) in [6.45, 7) is 3.38. The van der Waals surface area contributed by atoms with E-state index >= 15 is 0 Å². The Bertz CT molecular complexity index is 874. The molecule has 6 nitrogen and oxygen atoms in total. The van der Waals surface area contributed by atoms with E-state index in [-0.39, 0.29) is 11.5 Å². The normalized spacial score (nSPS) is 17.8. The molecule has 1 aliphatic heterocycles. The quantitative estimate of drug-likeness (QED) is 0.712. The average molecular weight is 358 g/mol. The Kier molecular flexibility index (Phi) is 4.55. The van der Waals surface area contributed by atoms with Crippen LogP contribution in [-0.2, 0) is 11.3 Å². The Morgan fingerprint density at radius 2 is 2.04 bits per heavy atom. The van der Waals surface area contributed by atoms with Gasteiger partial charge in [0.1, 0.15) is 12.1 Å². The number of aryl methyl sites for hydroxylation is 1. The maximum atomic E-state index is 6.18. The lowest BCUT2D eigenvalue weighted by Crippen LogP contribution is -2.19. The molecule has 1 unspecified atom stereocenters. The highest BCUT2D eigenvalue weighted by Crippen LogP contribution is 2.30. The summed E-state index contributed by atoms with van der Waals surface area (Å²) in [6, 6.07) is 10.1. The monoisotopic (exact) mass is 357 g/mol. The van der Waals surface area contributed by atoms with E-state index in [0.29, 0.717) is 12.4 Å². The summed E-state index contributed by atoms with van der Waals surface area (Å²) in [5.74, 6) is 1.51. The predicted molar refractivity (Wildman–Crippen MR) is 97.7 cm³/mol. The van der Waals surface area contributed by atoms with Gasteiger partial charge in [0.2, 0.25) is 5.28 Å². The van der Waals surface area contributed by atoms with Gasteiger partial charge in [-0.25, -0.2) is 4.98 Å². The maximum absolute atomic E-state index is 6.18. The van der Waals surface area contributed by atoms with E-state index in [9.17, 15) is 0 Å². The fourth-order valence-corrected chi connectivity index (χ4v) is 3.40. The first kappa shape index (κ1) is 16.3.